The average molecular weight is 410 g/mol. The van der Waals surface area contributed by atoms with E-state index in [1.165, 1.54) is 5.56 Å². The van der Waals surface area contributed by atoms with Crippen LogP contribution in [0.25, 0.3) is 10.9 Å². The van der Waals surface area contributed by atoms with Crippen LogP contribution in [0.3, 0.4) is 0 Å². The Bertz CT molecular complexity index is 1020. The molecular formula is C24H31N3O3. The van der Waals surface area contributed by atoms with Gasteiger partial charge in [0.25, 0.3) is 0 Å². The van der Waals surface area contributed by atoms with Crippen LogP contribution in [0.4, 0.5) is 5.69 Å². The molecule has 0 amide bonds. The number of nitrogens with one attached hydrogen (secondary N) is 1. The number of rotatable bonds is 9. The van der Waals surface area contributed by atoms with Gasteiger partial charge in [-0.25, -0.2) is 0 Å². The summed E-state index contributed by atoms with van der Waals surface area (Å²) < 4.78 is 10.8. The molecule has 0 aliphatic heterocycles. The Kier molecular flexibility index (Phi) is 7.00. The van der Waals surface area contributed by atoms with Crippen LogP contribution in [0.15, 0.2) is 41.4 Å². The van der Waals surface area contributed by atoms with Crippen molar-refractivity contribution in [2.45, 2.75) is 33.2 Å². The summed E-state index contributed by atoms with van der Waals surface area (Å²) in [5.74, 6) is 1.32. The van der Waals surface area contributed by atoms with E-state index in [9.17, 15) is 5.11 Å². The lowest BCUT2D eigenvalue weighted by Crippen LogP contribution is -2.18. The van der Waals surface area contributed by atoms with Crippen molar-refractivity contribution < 1.29 is 14.6 Å². The molecule has 0 saturated carbocycles. The number of nitrogens with zero attached hydrogens (tertiary/aromatic N) is 2. The van der Waals surface area contributed by atoms with E-state index >= 15 is 0 Å². The fraction of sp³-hybridized carbons (Fsp3) is 0.375. The Labute approximate surface area is 178 Å². The summed E-state index contributed by atoms with van der Waals surface area (Å²) in [6.07, 6.45) is 1.82. The van der Waals surface area contributed by atoms with Crippen molar-refractivity contribution in [2.75, 3.05) is 27.8 Å². The Balaban J connectivity index is 1.96. The molecule has 0 unspecified atom stereocenters. The molecule has 3 aromatic rings. The van der Waals surface area contributed by atoms with Gasteiger partial charge >= 0.3 is 0 Å². The molecule has 0 atom stereocenters. The minimum atomic E-state index is 0.0960. The molecule has 30 heavy (non-hydrogen) atoms. The van der Waals surface area contributed by atoms with Gasteiger partial charge in [0.05, 0.1) is 36.7 Å². The van der Waals surface area contributed by atoms with Crippen LogP contribution < -0.4 is 9.47 Å². The molecule has 2 N–H and O–H groups in total. The number of H-pyrrole nitrogens is 1. The predicted molar refractivity (Wildman–Crippen MR) is 123 cm³/mol. The van der Waals surface area contributed by atoms with Gasteiger partial charge in [0.2, 0.25) is 0 Å². The quantitative estimate of drug-likeness (QED) is 0.473. The van der Waals surface area contributed by atoms with Crippen molar-refractivity contribution in [3.05, 3.63) is 47.5 Å². The van der Waals surface area contributed by atoms with E-state index in [2.05, 4.69) is 36.0 Å². The van der Waals surface area contributed by atoms with Crippen LogP contribution in [0.5, 0.6) is 17.4 Å². The van der Waals surface area contributed by atoms with Gasteiger partial charge in [-0.1, -0.05) is 26.0 Å². The molecule has 0 aliphatic carbocycles. The topological polar surface area (TPSA) is 70.1 Å². The van der Waals surface area contributed by atoms with Crippen molar-refractivity contribution in [1.82, 2.24) is 9.88 Å². The van der Waals surface area contributed by atoms with Crippen LogP contribution >= 0.6 is 0 Å². The molecule has 160 valence electrons. The second kappa shape index (κ2) is 9.67. The first-order chi connectivity index (χ1) is 14.5. The van der Waals surface area contributed by atoms with Crippen LogP contribution in [0.2, 0.25) is 0 Å². The fourth-order valence-corrected chi connectivity index (χ4v) is 3.71. The molecule has 6 heteroatoms. The maximum atomic E-state index is 10.6. The fourth-order valence-electron chi connectivity index (χ4n) is 3.71. The van der Waals surface area contributed by atoms with Crippen molar-refractivity contribution in [3.63, 3.8) is 0 Å². The molecule has 2 aromatic carbocycles. The van der Waals surface area contributed by atoms with E-state index in [0.717, 1.165) is 41.8 Å². The van der Waals surface area contributed by atoms with Crippen LogP contribution in [0, 0.1) is 0 Å². The van der Waals surface area contributed by atoms with Gasteiger partial charge in [-0.2, -0.15) is 0 Å². The maximum Gasteiger partial charge on any atom is 0.198 e. The number of ether oxygens (including phenoxy) is 2. The van der Waals surface area contributed by atoms with Crippen molar-refractivity contribution in [1.29, 1.82) is 0 Å². The number of benzene rings is 2. The lowest BCUT2D eigenvalue weighted by atomic mass is 10.1. The molecule has 3 rings (SSSR count). The lowest BCUT2D eigenvalue weighted by molar-refractivity contribution is 0.327. The van der Waals surface area contributed by atoms with Gasteiger partial charge in [-0.15, -0.1) is 0 Å². The van der Waals surface area contributed by atoms with E-state index in [1.54, 1.807) is 14.2 Å². The molecule has 0 fully saturated rings. The largest absolute Gasteiger partial charge is 0.494 e. The number of aliphatic imine (C=N–C) groups is 1. The van der Waals surface area contributed by atoms with Gasteiger partial charge in [0.15, 0.2) is 17.4 Å². The summed E-state index contributed by atoms with van der Waals surface area (Å²) in [5.41, 5.74) is 4.40. The number of aromatic amines is 1. The zero-order valence-electron chi connectivity index (χ0n) is 18.5. The molecule has 0 saturated heterocycles. The first-order valence-corrected chi connectivity index (χ1v) is 10.3. The number of methoxy groups -OCH3 is 2. The maximum absolute atomic E-state index is 10.6. The standard InChI is InChI=1S/C24H31N3O3/c1-6-12-27(3)15-16-8-10-17(11-9-16)25-19(7-2)23-18-13-21(29-4)22(30-5)14-20(18)26-24(23)28/h8-11,13-14,26,28H,6-7,12,15H2,1-5H3. The Morgan fingerprint density at radius 1 is 1.07 bits per heavy atom. The predicted octanol–water partition coefficient (Wildman–Crippen LogP) is 5.26. The van der Waals surface area contributed by atoms with Gasteiger partial charge in [-0.3, -0.25) is 4.99 Å². The summed E-state index contributed by atoms with van der Waals surface area (Å²) in [5, 5.41) is 11.5. The average Bonchev–Trinajstić information content (AvgIpc) is 3.06. The third-order valence-corrected chi connectivity index (χ3v) is 5.16. The molecule has 0 spiro atoms. The summed E-state index contributed by atoms with van der Waals surface area (Å²) in [7, 11) is 5.33. The molecular weight excluding hydrogens is 378 g/mol. The normalized spacial score (nSPS) is 12.0. The summed E-state index contributed by atoms with van der Waals surface area (Å²) in [4.78, 5) is 10.2. The molecule has 6 nitrogen and oxygen atoms in total. The summed E-state index contributed by atoms with van der Waals surface area (Å²) >= 11 is 0. The minimum Gasteiger partial charge on any atom is -0.494 e. The third-order valence-electron chi connectivity index (χ3n) is 5.16. The zero-order chi connectivity index (χ0) is 21.7. The SMILES string of the molecule is CCCN(C)Cc1ccc(N=C(CC)c2c(O)[nH]c3cc(OC)c(OC)cc23)cc1. The minimum absolute atomic E-state index is 0.0960. The van der Waals surface area contributed by atoms with Gasteiger partial charge < -0.3 is 24.5 Å². The number of fused-ring (bicyclic) bond motifs is 1. The van der Waals surface area contributed by atoms with Crippen LogP contribution in [-0.2, 0) is 6.54 Å². The molecule has 0 radical (unpaired) electrons. The van der Waals surface area contributed by atoms with Crippen molar-refractivity contribution in [2.24, 2.45) is 4.99 Å². The highest BCUT2D eigenvalue weighted by molar-refractivity contribution is 6.14. The molecule has 0 aliphatic rings. The second-order valence-electron chi connectivity index (χ2n) is 7.42. The summed E-state index contributed by atoms with van der Waals surface area (Å²) in [6.45, 7) is 6.22. The number of aromatic hydroxyl groups is 1. The van der Waals surface area contributed by atoms with Crippen molar-refractivity contribution >= 4 is 22.3 Å². The van der Waals surface area contributed by atoms with E-state index in [4.69, 9.17) is 14.5 Å². The summed E-state index contributed by atoms with van der Waals surface area (Å²) in [6, 6.07) is 12.0. The lowest BCUT2D eigenvalue weighted by Gasteiger charge is -2.15. The molecule has 0 bridgehead atoms. The Hall–Kier alpha value is -2.99. The second-order valence-corrected chi connectivity index (χ2v) is 7.42. The van der Waals surface area contributed by atoms with Gasteiger partial charge in [0, 0.05) is 18.0 Å². The van der Waals surface area contributed by atoms with Crippen LogP contribution in [0.1, 0.15) is 37.8 Å². The van der Waals surface area contributed by atoms with E-state index < -0.39 is 0 Å². The van der Waals surface area contributed by atoms with Gasteiger partial charge in [0.1, 0.15) is 0 Å². The smallest absolute Gasteiger partial charge is 0.198 e. The zero-order valence-corrected chi connectivity index (χ0v) is 18.5. The highest BCUT2D eigenvalue weighted by atomic mass is 16.5. The number of hydrogen-bond donors (Lipinski definition) is 2. The van der Waals surface area contributed by atoms with E-state index in [1.807, 2.05) is 31.2 Å². The third kappa shape index (κ3) is 4.60. The highest BCUT2D eigenvalue weighted by Crippen LogP contribution is 2.37. The number of aromatic nitrogens is 1. The molecule has 1 aromatic heterocycles. The highest BCUT2D eigenvalue weighted by Gasteiger charge is 2.18. The Morgan fingerprint density at radius 2 is 1.73 bits per heavy atom. The van der Waals surface area contributed by atoms with Crippen LogP contribution in [-0.4, -0.2) is 48.5 Å². The molecule has 1 heterocycles. The van der Waals surface area contributed by atoms with E-state index in [0.29, 0.717) is 23.5 Å². The Morgan fingerprint density at radius 3 is 2.33 bits per heavy atom. The van der Waals surface area contributed by atoms with Crippen molar-refractivity contribution in [3.8, 4) is 17.4 Å². The van der Waals surface area contributed by atoms with Gasteiger partial charge in [-0.05, 0) is 50.2 Å². The van der Waals surface area contributed by atoms with E-state index in [-0.39, 0.29) is 5.88 Å². The monoisotopic (exact) mass is 409 g/mol. The number of hydrogen-bond acceptors (Lipinski definition) is 5. The first kappa shape index (κ1) is 21.7. The first-order valence-electron chi connectivity index (χ1n) is 10.3.